The highest BCUT2D eigenvalue weighted by Gasteiger charge is 2.31. The van der Waals surface area contributed by atoms with Crippen LogP contribution in [0.5, 0.6) is 5.75 Å². The monoisotopic (exact) mass is 344 g/mol. The summed E-state index contributed by atoms with van der Waals surface area (Å²) in [6.45, 7) is 6.87. The third kappa shape index (κ3) is 4.93. The van der Waals surface area contributed by atoms with Crippen molar-refractivity contribution in [3.05, 3.63) is 58.5 Å². The Hall–Kier alpha value is -2.60. The number of anilines is 1. The summed E-state index contributed by atoms with van der Waals surface area (Å²) in [4.78, 5) is 24.3. The first-order valence-electron chi connectivity index (χ1n) is 8.16. The van der Waals surface area contributed by atoms with Gasteiger partial charge in [-0.25, -0.2) is 0 Å². The van der Waals surface area contributed by atoms with Crippen LogP contribution in [0.2, 0.25) is 0 Å². The van der Waals surface area contributed by atoms with Crippen LogP contribution >= 0.6 is 0 Å². The Morgan fingerprint density at radius 2 is 1.88 bits per heavy atom. The van der Waals surface area contributed by atoms with Crippen molar-refractivity contribution in [3.63, 3.8) is 0 Å². The smallest absolute Gasteiger partial charge is 0.257 e. The average Bonchev–Trinajstić information content (AvgIpc) is 2.52. The Kier molecular flexibility index (Phi) is 5.64. The van der Waals surface area contributed by atoms with E-state index in [9.17, 15) is 14.7 Å². The van der Waals surface area contributed by atoms with E-state index in [1.165, 1.54) is 17.6 Å². The summed E-state index contributed by atoms with van der Waals surface area (Å²) in [5, 5.41) is 13.2. The fourth-order valence-corrected chi connectivity index (χ4v) is 2.36. The molecule has 6 heteroatoms. The molecule has 0 unspecified atom stereocenters. The number of carbonyl (C=O) groups excluding carboxylic acids is 1. The van der Waals surface area contributed by atoms with Crippen LogP contribution in [0.3, 0.4) is 0 Å². The molecule has 0 fully saturated rings. The topological polar surface area (TPSA) is 80.6 Å². The second kappa shape index (κ2) is 7.53. The summed E-state index contributed by atoms with van der Waals surface area (Å²) >= 11 is 0. The zero-order chi connectivity index (χ0) is 18.6. The predicted octanol–water partition coefficient (Wildman–Crippen LogP) is 2.33. The lowest BCUT2D eigenvalue weighted by atomic mass is 10.1. The Balaban J connectivity index is 2.09. The number of hydrogen-bond donors (Lipinski definition) is 2. The molecule has 2 rings (SSSR count). The highest BCUT2D eigenvalue weighted by molar-refractivity contribution is 5.96. The molecule has 0 bridgehead atoms. The molecule has 1 heterocycles. The SMILES string of the molecule is Cc1cccc(=O)n1C[C@](C)(O)C(=O)Nc1ccc(OC(C)C)cc1. The second-order valence-electron chi connectivity index (χ2n) is 6.51. The Morgan fingerprint density at radius 3 is 2.44 bits per heavy atom. The molecule has 2 N–H and O–H groups in total. The molecule has 134 valence electrons. The molecule has 0 spiro atoms. The van der Waals surface area contributed by atoms with Crippen LogP contribution in [0.1, 0.15) is 26.5 Å². The van der Waals surface area contributed by atoms with Crippen LogP contribution in [-0.4, -0.2) is 27.3 Å². The van der Waals surface area contributed by atoms with Crippen LogP contribution in [0, 0.1) is 6.92 Å². The van der Waals surface area contributed by atoms with E-state index in [4.69, 9.17) is 4.74 Å². The molecule has 0 saturated carbocycles. The van der Waals surface area contributed by atoms with Gasteiger partial charge in [0.2, 0.25) is 0 Å². The van der Waals surface area contributed by atoms with Crippen molar-refractivity contribution >= 4 is 11.6 Å². The van der Waals surface area contributed by atoms with Gasteiger partial charge < -0.3 is 19.7 Å². The summed E-state index contributed by atoms with van der Waals surface area (Å²) in [6.07, 6.45) is 0.0635. The fourth-order valence-electron chi connectivity index (χ4n) is 2.36. The van der Waals surface area contributed by atoms with Gasteiger partial charge >= 0.3 is 0 Å². The van der Waals surface area contributed by atoms with Gasteiger partial charge in [-0.3, -0.25) is 9.59 Å². The quantitative estimate of drug-likeness (QED) is 0.843. The number of carbonyl (C=O) groups is 1. The molecule has 0 radical (unpaired) electrons. The van der Waals surface area contributed by atoms with Crippen molar-refractivity contribution in [3.8, 4) is 5.75 Å². The summed E-state index contributed by atoms with van der Waals surface area (Å²) in [6, 6.07) is 11.7. The number of ether oxygens (including phenoxy) is 1. The van der Waals surface area contributed by atoms with Gasteiger partial charge in [0.05, 0.1) is 12.6 Å². The Labute approximate surface area is 147 Å². The molecule has 2 aromatic rings. The normalized spacial score (nSPS) is 13.4. The van der Waals surface area contributed by atoms with Gasteiger partial charge in [0, 0.05) is 17.4 Å². The average molecular weight is 344 g/mol. The first-order valence-corrected chi connectivity index (χ1v) is 8.16. The Morgan fingerprint density at radius 1 is 1.24 bits per heavy atom. The third-order valence-electron chi connectivity index (χ3n) is 3.71. The highest BCUT2D eigenvalue weighted by atomic mass is 16.5. The second-order valence-corrected chi connectivity index (χ2v) is 6.51. The van der Waals surface area contributed by atoms with Crippen LogP contribution in [0.25, 0.3) is 0 Å². The van der Waals surface area contributed by atoms with Crippen LogP contribution in [-0.2, 0) is 11.3 Å². The molecular weight excluding hydrogens is 320 g/mol. The number of rotatable bonds is 6. The zero-order valence-electron chi connectivity index (χ0n) is 14.9. The number of aryl methyl sites for hydroxylation is 1. The lowest BCUT2D eigenvalue weighted by molar-refractivity contribution is -0.133. The van der Waals surface area contributed by atoms with E-state index in [0.29, 0.717) is 17.1 Å². The molecular formula is C19H24N2O4. The first kappa shape index (κ1) is 18.7. The Bertz CT molecular complexity index is 792. The molecule has 25 heavy (non-hydrogen) atoms. The van der Waals surface area contributed by atoms with Gasteiger partial charge in [0.1, 0.15) is 5.75 Å². The first-order chi connectivity index (χ1) is 11.7. The van der Waals surface area contributed by atoms with Crippen molar-refractivity contribution in [1.82, 2.24) is 4.57 Å². The lowest BCUT2D eigenvalue weighted by Gasteiger charge is -2.24. The molecule has 0 saturated heterocycles. The van der Waals surface area contributed by atoms with E-state index in [1.807, 2.05) is 13.8 Å². The van der Waals surface area contributed by atoms with E-state index in [-0.39, 0.29) is 18.2 Å². The van der Waals surface area contributed by atoms with Crippen molar-refractivity contribution < 1.29 is 14.6 Å². The molecule has 0 aliphatic rings. The predicted molar refractivity (Wildman–Crippen MR) is 96.9 cm³/mol. The number of hydrogen-bond acceptors (Lipinski definition) is 4. The van der Waals surface area contributed by atoms with Crippen LogP contribution in [0.15, 0.2) is 47.3 Å². The molecule has 1 aromatic heterocycles. The van der Waals surface area contributed by atoms with E-state index in [1.54, 1.807) is 43.3 Å². The van der Waals surface area contributed by atoms with E-state index in [0.717, 1.165) is 0 Å². The van der Waals surface area contributed by atoms with E-state index in [2.05, 4.69) is 5.32 Å². The van der Waals surface area contributed by atoms with Crippen LogP contribution < -0.4 is 15.6 Å². The molecule has 1 atom stereocenters. The van der Waals surface area contributed by atoms with Gasteiger partial charge in [-0.1, -0.05) is 6.07 Å². The number of amides is 1. The van der Waals surface area contributed by atoms with Crippen molar-refractivity contribution in [1.29, 1.82) is 0 Å². The van der Waals surface area contributed by atoms with Crippen molar-refractivity contribution in [2.45, 2.75) is 45.9 Å². The molecule has 1 amide bonds. The van der Waals surface area contributed by atoms with Gasteiger partial charge in [0.15, 0.2) is 5.60 Å². The summed E-state index contributed by atoms with van der Waals surface area (Å²) in [7, 11) is 0. The zero-order valence-corrected chi connectivity index (χ0v) is 14.9. The minimum Gasteiger partial charge on any atom is -0.491 e. The van der Waals surface area contributed by atoms with Crippen molar-refractivity contribution in [2.24, 2.45) is 0 Å². The minimum atomic E-state index is -1.73. The van der Waals surface area contributed by atoms with Gasteiger partial charge in [-0.05, 0) is 58.0 Å². The maximum atomic E-state index is 12.4. The summed E-state index contributed by atoms with van der Waals surface area (Å²) in [5.74, 6) is 0.117. The number of pyridine rings is 1. The minimum absolute atomic E-state index is 0.0635. The summed E-state index contributed by atoms with van der Waals surface area (Å²) < 4.78 is 6.92. The maximum absolute atomic E-state index is 12.4. The molecule has 6 nitrogen and oxygen atoms in total. The van der Waals surface area contributed by atoms with Crippen molar-refractivity contribution in [2.75, 3.05) is 5.32 Å². The lowest BCUT2D eigenvalue weighted by Crippen LogP contribution is -2.46. The number of nitrogens with zero attached hydrogens (tertiary/aromatic N) is 1. The van der Waals surface area contributed by atoms with Gasteiger partial charge in [-0.15, -0.1) is 0 Å². The summed E-state index contributed by atoms with van der Waals surface area (Å²) in [5.41, 5.74) is -0.777. The number of aromatic nitrogens is 1. The standard InChI is InChI=1S/C19H24N2O4/c1-13(2)25-16-10-8-15(9-11-16)20-18(23)19(4,24)12-21-14(3)6-5-7-17(21)22/h5-11,13,24H,12H2,1-4H3,(H,20,23)/t19-/m0/s1. The molecule has 0 aliphatic heterocycles. The molecule has 1 aromatic carbocycles. The fraction of sp³-hybridized carbons (Fsp3) is 0.368. The van der Waals surface area contributed by atoms with E-state index >= 15 is 0 Å². The largest absolute Gasteiger partial charge is 0.491 e. The maximum Gasteiger partial charge on any atom is 0.257 e. The number of aliphatic hydroxyl groups is 1. The third-order valence-corrected chi connectivity index (χ3v) is 3.71. The number of benzene rings is 1. The van der Waals surface area contributed by atoms with Gasteiger partial charge in [0.25, 0.3) is 11.5 Å². The van der Waals surface area contributed by atoms with Crippen LogP contribution in [0.4, 0.5) is 5.69 Å². The highest BCUT2D eigenvalue weighted by Crippen LogP contribution is 2.18. The molecule has 0 aliphatic carbocycles. The van der Waals surface area contributed by atoms with E-state index < -0.39 is 11.5 Å². The van der Waals surface area contributed by atoms with Gasteiger partial charge in [-0.2, -0.15) is 0 Å². The number of nitrogens with one attached hydrogen (secondary N) is 1.